The van der Waals surface area contributed by atoms with Crippen LogP contribution in [0.5, 0.6) is 0 Å². The molecule has 2 aromatic heterocycles. The molecule has 0 saturated heterocycles. The molecule has 0 spiro atoms. The molecule has 0 amide bonds. The van der Waals surface area contributed by atoms with Crippen LogP contribution in [-0.4, -0.2) is 19.3 Å². The summed E-state index contributed by atoms with van der Waals surface area (Å²) in [5.41, 5.74) is 5.00. The van der Waals surface area contributed by atoms with Crippen LogP contribution in [0.4, 0.5) is 0 Å². The summed E-state index contributed by atoms with van der Waals surface area (Å²) in [4.78, 5) is 13.2. The number of nitrogens with one attached hydrogen (secondary N) is 1. The van der Waals surface area contributed by atoms with Gasteiger partial charge in [-0.15, -0.1) is 0 Å². The Morgan fingerprint density at radius 3 is 1.88 bits per heavy atom. The number of aryl methyl sites for hydroxylation is 3. The lowest BCUT2D eigenvalue weighted by Crippen LogP contribution is -2.23. The zero-order chi connectivity index (χ0) is 18.4. The third-order valence-electron chi connectivity index (χ3n) is 4.52. The van der Waals surface area contributed by atoms with Crippen molar-refractivity contribution in [1.82, 2.24) is 19.3 Å². The second-order valence-corrected chi connectivity index (χ2v) is 6.84. The first-order chi connectivity index (χ1) is 12.5. The van der Waals surface area contributed by atoms with Crippen LogP contribution >= 0.6 is 12.2 Å². The van der Waals surface area contributed by atoms with Crippen LogP contribution in [0.15, 0.2) is 53.3 Å². The molecule has 0 aliphatic heterocycles. The molecular weight excluding hydrogens is 344 g/mol. The molecule has 1 N–H and O–H groups in total. The third-order valence-corrected chi connectivity index (χ3v) is 4.89. The minimum absolute atomic E-state index is 0.163. The van der Waals surface area contributed by atoms with Crippen LogP contribution in [-0.2, 0) is 0 Å². The van der Waals surface area contributed by atoms with E-state index < -0.39 is 0 Å². The summed E-state index contributed by atoms with van der Waals surface area (Å²) >= 11 is 5.72. The van der Waals surface area contributed by atoms with Gasteiger partial charge in [0.25, 0.3) is 5.56 Å². The Kier molecular flexibility index (Phi) is 3.85. The number of H-pyrrole nitrogens is 1. The van der Waals surface area contributed by atoms with Crippen molar-refractivity contribution in [3.05, 3.63) is 80.5 Å². The molecule has 0 unspecified atom stereocenters. The van der Waals surface area contributed by atoms with Crippen LogP contribution in [0.3, 0.4) is 0 Å². The van der Waals surface area contributed by atoms with Gasteiger partial charge < -0.3 is 0 Å². The average Bonchev–Trinajstić information content (AvgIpc) is 3.00. The van der Waals surface area contributed by atoms with Gasteiger partial charge in [-0.1, -0.05) is 35.4 Å². The molecule has 26 heavy (non-hydrogen) atoms. The van der Waals surface area contributed by atoms with E-state index in [1.807, 2.05) is 73.9 Å². The number of aromatic nitrogens is 4. The van der Waals surface area contributed by atoms with Crippen molar-refractivity contribution in [3.8, 4) is 11.4 Å². The van der Waals surface area contributed by atoms with E-state index >= 15 is 0 Å². The van der Waals surface area contributed by atoms with Gasteiger partial charge in [-0.05, 0) is 57.3 Å². The molecule has 0 fully saturated rings. The molecular formula is C20H18N4OS. The fourth-order valence-corrected chi connectivity index (χ4v) is 3.45. The van der Waals surface area contributed by atoms with Crippen molar-refractivity contribution in [1.29, 1.82) is 0 Å². The number of benzene rings is 2. The second kappa shape index (κ2) is 6.07. The molecule has 4 rings (SSSR count). The number of rotatable bonds is 2. The summed E-state index contributed by atoms with van der Waals surface area (Å²) in [6.45, 7) is 5.89. The molecule has 0 saturated carbocycles. The molecule has 5 nitrogen and oxygen atoms in total. The van der Waals surface area contributed by atoms with Crippen molar-refractivity contribution in [2.75, 3.05) is 0 Å². The molecule has 0 bridgehead atoms. The van der Waals surface area contributed by atoms with Gasteiger partial charge >= 0.3 is 0 Å². The zero-order valence-corrected chi connectivity index (χ0v) is 15.6. The summed E-state index contributed by atoms with van der Waals surface area (Å²) < 4.78 is 3.80. The molecule has 4 aromatic rings. The van der Waals surface area contributed by atoms with Gasteiger partial charge in [-0.25, -0.2) is 0 Å². The van der Waals surface area contributed by atoms with Crippen LogP contribution in [0, 0.1) is 25.5 Å². The van der Waals surface area contributed by atoms with Gasteiger partial charge in [0.1, 0.15) is 5.39 Å². The largest absolute Gasteiger partial charge is 0.280 e. The molecule has 130 valence electrons. The number of nitrogens with zero attached hydrogens (tertiary/aromatic N) is 3. The highest BCUT2D eigenvalue weighted by Gasteiger charge is 2.17. The quantitative estimate of drug-likeness (QED) is 0.545. The van der Waals surface area contributed by atoms with Crippen molar-refractivity contribution in [2.45, 2.75) is 20.8 Å². The van der Waals surface area contributed by atoms with E-state index in [-0.39, 0.29) is 5.56 Å². The molecule has 0 aliphatic carbocycles. The highest BCUT2D eigenvalue weighted by molar-refractivity contribution is 7.71. The maximum atomic E-state index is 13.2. The van der Waals surface area contributed by atoms with Gasteiger partial charge in [-0.3, -0.25) is 19.0 Å². The lowest BCUT2D eigenvalue weighted by Gasteiger charge is -2.14. The van der Waals surface area contributed by atoms with E-state index in [4.69, 9.17) is 12.2 Å². The van der Waals surface area contributed by atoms with Crippen molar-refractivity contribution in [2.24, 2.45) is 0 Å². The number of hydrogen-bond acceptors (Lipinski definition) is 3. The normalized spacial score (nSPS) is 11.2. The Morgan fingerprint density at radius 1 is 0.846 bits per heavy atom. The van der Waals surface area contributed by atoms with Crippen LogP contribution in [0.1, 0.15) is 16.8 Å². The third kappa shape index (κ3) is 2.50. The average molecular weight is 362 g/mol. The highest BCUT2D eigenvalue weighted by Crippen LogP contribution is 2.20. The summed E-state index contributed by atoms with van der Waals surface area (Å²) in [6, 6.07) is 15.8. The van der Waals surface area contributed by atoms with Gasteiger partial charge in [0.15, 0.2) is 10.4 Å². The molecule has 2 heterocycles. The van der Waals surface area contributed by atoms with E-state index in [9.17, 15) is 4.79 Å². The molecule has 0 radical (unpaired) electrons. The van der Waals surface area contributed by atoms with Crippen molar-refractivity contribution >= 4 is 23.3 Å². The fraction of sp³-hybridized carbons (Fsp3) is 0.150. The van der Waals surface area contributed by atoms with E-state index in [1.165, 1.54) is 0 Å². The Morgan fingerprint density at radius 2 is 1.35 bits per heavy atom. The Bertz CT molecular complexity index is 1230. The number of fused-ring (bicyclic) bond motifs is 1. The first-order valence-corrected chi connectivity index (χ1v) is 8.75. The minimum Gasteiger partial charge on any atom is -0.280 e. The first kappa shape index (κ1) is 16.5. The Labute approximate surface area is 155 Å². The lowest BCUT2D eigenvalue weighted by atomic mass is 10.2. The van der Waals surface area contributed by atoms with Gasteiger partial charge in [0.2, 0.25) is 0 Å². The number of hydrogen-bond donors (Lipinski definition) is 1. The maximum Gasteiger partial charge on any atom is 0.270 e. The van der Waals surface area contributed by atoms with Gasteiger partial charge in [0, 0.05) is 11.4 Å². The van der Waals surface area contributed by atoms with E-state index in [1.54, 1.807) is 4.57 Å². The molecule has 2 aromatic carbocycles. The van der Waals surface area contributed by atoms with Crippen LogP contribution in [0.2, 0.25) is 0 Å². The predicted octanol–water partition coefficient (Wildman–Crippen LogP) is 4.16. The van der Waals surface area contributed by atoms with E-state index in [0.29, 0.717) is 15.8 Å². The summed E-state index contributed by atoms with van der Waals surface area (Å²) in [6.07, 6.45) is 0. The summed E-state index contributed by atoms with van der Waals surface area (Å²) in [7, 11) is 0. The van der Waals surface area contributed by atoms with Gasteiger partial charge in [0.05, 0.1) is 5.69 Å². The smallest absolute Gasteiger partial charge is 0.270 e. The van der Waals surface area contributed by atoms with E-state index in [0.717, 1.165) is 28.2 Å². The minimum atomic E-state index is -0.163. The SMILES string of the molecule is Cc1ccc(-n2c(=O)c3c(C)[nH]nc3n(-c3ccc(C)cc3)c2=S)cc1. The van der Waals surface area contributed by atoms with Crippen molar-refractivity contribution in [3.63, 3.8) is 0 Å². The Hall–Kier alpha value is -2.99. The zero-order valence-electron chi connectivity index (χ0n) is 14.8. The van der Waals surface area contributed by atoms with Gasteiger partial charge in [-0.2, -0.15) is 5.10 Å². The monoisotopic (exact) mass is 362 g/mol. The van der Waals surface area contributed by atoms with Crippen molar-refractivity contribution < 1.29 is 0 Å². The van der Waals surface area contributed by atoms with Crippen LogP contribution < -0.4 is 5.56 Å². The number of aromatic amines is 1. The topological polar surface area (TPSA) is 55.6 Å². The molecule has 0 atom stereocenters. The summed E-state index contributed by atoms with van der Waals surface area (Å²) in [5.74, 6) is 0. The molecule has 6 heteroatoms. The fourth-order valence-electron chi connectivity index (χ4n) is 3.07. The first-order valence-electron chi connectivity index (χ1n) is 8.34. The van der Waals surface area contributed by atoms with Crippen LogP contribution in [0.25, 0.3) is 22.4 Å². The summed E-state index contributed by atoms with van der Waals surface area (Å²) in [5, 5.41) is 7.81. The highest BCUT2D eigenvalue weighted by atomic mass is 32.1. The van der Waals surface area contributed by atoms with E-state index in [2.05, 4.69) is 10.2 Å². The lowest BCUT2D eigenvalue weighted by molar-refractivity contribution is 0.864. The maximum absolute atomic E-state index is 13.2. The second-order valence-electron chi connectivity index (χ2n) is 6.48. The predicted molar refractivity (Wildman–Crippen MR) is 106 cm³/mol. The molecule has 0 aliphatic rings. The standard InChI is InChI=1S/C20H18N4OS/c1-12-4-8-15(9-5-12)23-18-17(14(3)21-22-18)19(25)24(20(23)26)16-10-6-13(2)7-11-16/h4-11H,1-3H3,(H,21,22). The Balaban J connectivity index is 2.15.